The van der Waals surface area contributed by atoms with E-state index in [1.54, 1.807) is 0 Å². The van der Waals surface area contributed by atoms with Gasteiger partial charge in [0.25, 0.3) is 0 Å². The van der Waals surface area contributed by atoms with Gasteiger partial charge in [0.1, 0.15) is 5.92 Å². The van der Waals surface area contributed by atoms with Crippen LogP contribution in [0.1, 0.15) is 43.4 Å². The molecule has 94 valence electrons. The Morgan fingerprint density at radius 3 is 3.06 bits per heavy atom. The van der Waals surface area contributed by atoms with Crippen LogP contribution < -0.4 is 5.32 Å². The van der Waals surface area contributed by atoms with E-state index in [9.17, 15) is 4.79 Å². The van der Waals surface area contributed by atoms with Gasteiger partial charge in [0.15, 0.2) is 0 Å². The van der Waals surface area contributed by atoms with Crippen molar-refractivity contribution in [2.45, 2.75) is 38.6 Å². The smallest absolute Gasteiger partial charge is 0.237 e. The van der Waals surface area contributed by atoms with Crippen LogP contribution >= 0.6 is 0 Å². The number of nitrogens with one attached hydrogen (secondary N) is 1. The molecule has 0 bridgehead atoms. The fraction of sp³-hybridized carbons (Fsp3) is 0.467. The summed E-state index contributed by atoms with van der Waals surface area (Å²) in [6.45, 7) is 1.86. The normalized spacial score (nSPS) is 19.4. The Hall–Kier alpha value is -1.82. The molecule has 0 spiro atoms. The van der Waals surface area contributed by atoms with Gasteiger partial charge in [-0.3, -0.25) is 4.79 Å². The molecule has 0 aliphatic heterocycles. The van der Waals surface area contributed by atoms with Crippen molar-refractivity contribution in [1.29, 1.82) is 5.26 Å². The second-order valence-electron chi connectivity index (χ2n) is 4.74. The lowest BCUT2D eigenvalue weighted by Gasteiger charge is -2.27. The number of amides is 1. The van der Waals surface area contributed by atoms with E-state index in [4.69, 9.17) is 5.26 Å². The largest absolute Gasteiger partial charge is 0.348 e. The molecule has 0 aromatic heterocycles. The molecule has 0 saturated heterocycles. The van der Waals surface area contributed by atoms with Crippen LogP contribution in [0.4, 0.5) is 0 Å². The monoisotopic (exact) mass is 242 g/mol. The highest BCUT2D eigenvalue weighted by Crippen LogP contribution is 2.29. The molecule has 1 aliphatic carbocycles. The van der Waals surface area contributed by atoms with Crippen LogP contribution in [-0.2, 0) is 11.2 Å². The molecular weight excluding hydrogens is 224 g/mol. The average molecular weight is 242 g/mol. The van der Waals surface area contributed by atoms with Gasteiger partial charge in [0.2, 0.25) is 5.91 Å². The van der Waals surface area contributed by atoms with E-state index >= 15 is 0 Å². The maximum absolute atomic E-state index is 11.9. The van der Waals surface area contributed by atoms with E-state index < -0.39 is 5.92 Å². The minimum Gasteiger partial charge on any atom is -0.348 e. The van der Waals surface area contributed by atoms with Gasteiger partial charge in [0, 0.05) is 0 Å². The second-order valence-corrected chi connectivity index (χ2v) is 4.74. The summed E-state index contributed by atoms with van der Waals surface area (Å²) in [6.07, 6.45) is 3.70. The SMILES string of the molecule is CCC(C#N)C(=O)NC1CCCc2ccccc21. The Labute approximate surface area is 108 Å². The number of rotatable bonds is 3. The molecule has 0 saturated carbocycles. The minimum atomic E-state index is -0.529. The van der Waals surface area contributed by atoms with Crippen LogP contribution in [0.15, 0.2) is 24.3 Å². The molecule has 0 radical (unpaired) electrons. The summed E-state index contributed by atoms with van der Waals surface area (Å²) in [7, 11) is 0. The molecule has 3 heteroatoms. The van der Waals surface area contributed by atoms with Crippen molar-refractivity contribution in [3.8, 4) is 6.07 Å². The van der Waals surface area contributed by atoms with Gasteiger partial charge in [-0.1, -0.05) is 31.2 Å². The fourth-order valence-corrected chi connectivity index (χ4v) is 2.51. The lowest BCUT2D eigenvalue weighted by Crippen LogP contribution is -2.34. The van der Waals surface area contributed by atoms with E-state index in [0.29, 0.717) is 6.42 Å². The van der Waals surface area contributed by atoms with Gasteiger partial charge in [-0.2, -0.15) is 5.26 Å². The van der Waals surface area contributed by atoms with Crippen LogP contribution in [0.25, 0.3) is 0 Å². The Morgan fingerprint density at radius 1 is 1.56 bits per heavy atom. The van der Waals surface area contributed by atoms with Crippen LogP contribution in [0.3, 0.4) is 0 Å². The Kier molecular flexibility index (Phi) is 3.99. The molecule has 18 heavy (non-hydrogen) atoms. The average Bonchev–Trinajstić information content (AvgIpc) is 2.40. The molecule has 1 aromatic rings. The van der Waals surface area contributed by atoms with Crippen LogP contribution in [-0.4, -0.2) is 5.91 Å². The summed E-state index contributed by atoms with van der Waals surface area (Å²) >= 11 is 0. The van der Waals surface area contributed by atoms with Gasteiger partial charge < -0.3 is 5.32 Å². The molecule has 2 unspecified atom stereocenters. The predicted molar refractivity (Wildman–Crippen MR) is 69.7 cm³/mol. The fourth-order valence-electron chi connectivity index (χ4n) is 2.51. The molecule has 1 amide bonds. The number of carbonyl (C=O) groups is 1. The number of nitrogens with zero attached hydrogens (tertiary/aromatic N) is 1. The Morgan fingerprint density at radius 2 is 2.33 bits per heavy atom. The highest BCUT2D eigenvalue weighted by atomic mass is 16.1. The van der Waals surface area contributed by atoms with Crippen molar-refractivity contribution in [3.05, 3.63) is 35.4 Å². The van der Waals surface area contributed by atoms with Gasteiger partial charge in [-0.25, -0.2) is 0 Å². The molecular formula is C15H18N2O. The summed E-state index contributed by atoms with van der Waals surface area (Å²) in [6, 6.07) is 10.4. The number of carbonyl (C=O) groups excluding carboxylic acids is 1. The maximum Gasteiger partial charge on any atom is 0.237 e. The molecule has 1 N–H and O–H groups in total. The van der Waals surface area contributed by atoms with Gasteiger partial charge in [-0.05, 0) is 36.8 Å². The zero-order chi connectivity index (χ0) is 13.0. The second kappa shape index (κ2) is 5.68. The van der Waals surface area contributed by atoms with Gasteiger partial charge in [-0.15, -0.1) is 0 Å². The van der Waals surface area contributed by atoms with Crippen molar-refractivity contribution < 1.29 is 4.79 Å². The minimum absolute atomic E-state index is 0.0739. The first-order valence-electron chi connectivity index (χ1n) is 6.54. The Balaban J connectivity index is 2.12. The third-order valence-corrected chi connectivity index (χ3v) is 3.57. The highest BCUT2D eigenvalue weighted by Gasteiger charge is 2.24. The predicted octanol–water partition coefficient (Wildman–Crippen LogP) is 2.73. The third-order valence-electron chi connectivity index (χ3n) is 3.57. The first-order valence-corrected chi connectivity index (χ1v) is 6.54. The molecule has 1 aliphatic rings. The Bertz CT molecular complexity index is 476. The standard InChI is InChI=1S/C15H18N2O/c1-2-11(10-16)15(18)17-14-9-5-7-12-6-3-4-8-13(12)14/h3-4,6,8,11,14H,2,5,7,9H2,1H3,(H,17,18). The summed E-state index contributed by atoms with van der Waals surface area (Å²) in [5.41, 5.74) is 2.53. The number of hydrogen-bond donors (Lipinski definition) is 1. The van der Waals surface area contributed by atoms with E-state index in [0.717, 1.165) is 19.3 Å². The molecule has 0 fully saturated rings. The first kappa shape index (κ1) is 12.6. The number of aryl methyl sites for hydroxylation is 1. The number of hydrogen-bond acceptors (Lipinski definition) is 2. The molecule has 3 nitrogen and oxygen atoms in total. The lowest BCUT2D eigenvalue weighted by atomic mass is 9.87. The zero-order valence-corrected chi connectivity index (χ0v) is 10.6. The summed E-state index contributed by atoms with van der Waals surface area (Å²) < 4.78 is 0. The summed E-state index contributed by atoms with van der Waals surface area (Å²) in [4.78, 5) is 11.9. The number of nitriles is 1. The van der Waals surface area contributed by atoms with Gasteiger partial charge in [0.05, 0.1) is 12.1 Å². The van der Waals surface area contributed by atoms with Crippen LogP contribution in [0.2, 0.25) is 0 Å². The molecule has 2 rings (SSSR count). The maximum atomic E-state index is 11.9. The quantitative estimate of drug-likeness (QED) is 0.886. The van der Waals surface area contributed by atoms with Crippen molar-refractivity contribution >= 4 is 5.91 Å². The first-order chi connectivity index (χ1) is 8.76. The van der Waals surface area contributed by atoms with E-state index in [1.807, 2.05) is 19.1 Å². The number of benzene rings is 1. The topological polar surface area (TPSA) is 52.9 Å². The molecule has 1 aromatic carbocycles. The van der Waals surface area contributed by atoms with Crippen molar-refractivity contribution in [3.63, 3.8) is 0 Å². The number of fused-ring (bicyclic) bond motifs is 1. The zero-order valence-electron chi connectivity index (χ0n) is 10.6. The lowest BCUT2D eigenvalue weighted by molar-refractivity contribution is -0.124. The van der Waals surface area contributed by atoms with Gasteiger partial charge >= 0.3 is 0 Å². The highest BCUT2D eigenvalue weighted by molar-refractivity contribution is 5.81. The third kappa shape index (κ3) is 2.53. The summed E-state index contributed by atoms with van der Waals surface area (Å²) in [5.74, 6) is -0.666. The van der Waals surface area contributed by atoms with Crippen LogP contribution in [0, 0.1) is 17.2 Å². The van der Waals surface area contributed by atoms with Crippen molar-refractivity contribution in [2.24, 2.45) is 5.92 Å². The van der Waals surface area contributed by atoms with E-state index in [-0.39, 0.29) is 11.9 Å². The van der Waals surface area contributed by atoms with Crippen molar-refractivity contribution in [2.75, 3.05) is 0 Å². The van der Waals surface area contributed by atoms with E-state index in [1.165, 1.54) is 11.1 Å². The molecule has 0 heterocycles. The van der Waals surface area contributed by atoms with Crippen molar-refractivity contribution in [1.82, 2.24) is 5.32 Å². The molecule has 2 atom stereocenters. The van der Waals surface area contributed by atoms with Crippen LogP contribution in [0.5, 0.6) is 0 Å². The van der Waals surface area contributed by atoms with E-state index in [2.05, 4.69) is 23.5 Å². The summed E-state index contributed by atoms with van der Waals surface area (Å²) in [5, 5.41) is 11.9.